The summed E-state index contributed by atoms with van der Waals surface area (Å²) in [5.74, 6) is 0. The maximum absolute atomic E-state index is 12.4. The lowest BCUT2D eigenvalue weighted by atomic mass is 9.84. The van der Waals surface area contributed by atoms with Gasteiger partial charge in [0.25, 0.3) is 0 Å². The number of hydrogen-bond donors (Lipinski definition) is 2. The summed E-state index contributed by atoms with van der Waals surface area (Å²) in [5, 5.41) is 9.27. The van der Waals surface area contributed by atoms with E-state index in [1.165, 1.54) is 12.8 Å². The van der Waals surface area contributed by atoms with Crippen LogP contribution >= 0.6 is 0 Å². The molecule has 1 fully saturated rings. The van der Waals surface area contributed by atoms with Crippen molar-refractivity contribution in [3.05, 3.63) is 18.0 Å². The van der Waals surface area contributed by atoms with Crippen molar-refractivity contribution in [2.75, 3.05) is 6.54 Å². The smallest absolute Gasteiger partial charge is 0.242 e. The fourth-order valence-electron chi connectivity index (χ4n) is 3.21. The van der Waals surface area contributed by atoms with Crippen LogP contribution in [0.5, 0.6) is 0 Å². The Kier molecular flexibility index (Phi) is 5.11. The summed E-state index contributed by atoms with van der Waals surface area (Å²) in [7, 11) is -3.50. The molecule has 0 saturated heterocycles. The first-order valence-electron chi connectivity index (χ1n) is 7.76. The van der Waals surface area contributed by atoms with E-state index in [9.17, 15) is 13.5 Å². The Balaban J connectivity index is 2.13. The van der Waals surface area contributed by atoms with Crippen molar-refractivity contribution in [3.8, 4) is 0 Å². The molecule has 120 valence electrons. The zero-order chi connectivity index (χ0) is 15.5. The number of nitrogens with zero attached hydrogens (tertiary/aromatic N) is 1. The molecule has 2 N–H and O–H groups in total. The largest absolute Gasteiger partial charge is 0.390 e. The van der Waals surface area contributed by atoms with Crippen LogP contribution in [0.25, 0.3) is 0 Å². The number of sulfonamides is 1. The van der Waals surface area contributed by atoms with E-state index in [1.54, 1.807) is 16.8 Å². The van der Waals surface area contributed by atoms with Gasteiger partial charge in [0.15, 0.2) is 0 Å². The number of aromatic nitrogens is 1. The lowest BCUT2D eigenvalue weighted by Crippen LogP contribution is -2.35. The highest BCUT2D eigenvalue weighted by molar-refractivity contribution is 7.89. The Morgan fingerprint density at radius 1 is 1.33 bits per heavy atom. The van der Waals surface area contributed by atoms with Crippen LogP contribution in [0.15, 0.2) is 17.2 Å². The van der Waals surface area contributed by atoms with E-state index < -0.39 is 10.0 Å². The average molecular weight is 314 g/mol. The Labute approximate surface area is 127 Å². The van der Waals surface area contributed by atoms with Crippen LogP contribution in [0.3, 0.4) is 0 Å². The van der Waals surface area contributed by atoms with Gasteiger partial charge in [0.05, 0.1) is 11.5 Å². The minimum Gasteiger partial charge on any atom is -0.390 e. The molecule has 1 heterocycles. The van der Waals surface area contributed by atoms with Crippen LogP contribution in [-0.2, 0) is 23.2 Å². The van der Waals surface area contributed by atoms with Crippen LogP contribution in [0.1, 0.15) is 51.6 Å². The number of aliphatic hydroxyl groups excluding tert-OH is 1. The van der Waals surface area contributed by atoms with Gasteiger partial charge in [0.2, 0.25) is 10.0 Å². The molecule has 0 aliphatic heterocycles. The zero-order valence-corrected chi connectivity index (χ0v) is 13.7. The average Bonchev–Trinajstić information content (AvgIpc) is 3.12. The zero-order valence-electron chi connectivity index (χ0n) is 12.9. The highest BCUT2D eigenvalue weighted by Gasteiger charge is 2.33. The number of rotatable bonds is 7. The molecule has 1 saturated carbocycles. The normalized spacial score (nSPS) is 18.2. The van der Waals surface area contributed by atoms with Gasteiger partial charge in [-0.25, -0.2) is 13.1 Å². The molecule has 0 atom stereocenters. The van der Waals surface area contributed by atoms with Gasteiger partial charge in [0.1, 0.15) is 0 Å². The van der Waals surface area contributed by atoms with E-state index in [4.69, 9.17) is 0 Å². The van der Waals surface area contributed by atoms with Crippen LogP contribution in [0, 0.1) is 5.41 Å². The van der Waals surface area contributed by atoms with Crippen molar-refractivity contribution in [1.29, 1.82) is 0 Å². The Morgan fingerprint density at radius 3 is 2.48 bits per heavy atom. The van der Waals surface area contributed by atoms with Crippen LogP contribution in [0.2, 0.25) is 0 Å². The fourth-order valence-corrected chi connectivity index (χ4v) is 4.43. The van der Waals surface area contributed by atoms with Gasteiger partial charge in [-0.2, -0.15) is 0 Å². The van der Waals surface area contributed by atoms with Crippen molar-refractivity contribution >= 4 is 10.0 Å². The second-order valence-electron chi connectivity index (χ2n) is 6.00. The topological polar surface area (TPSA) is 71.3 Å². The fraction of sp³-hybridized carbons (Fsp3) is 0.733. The van der Waals surface area contributed by atoms with E-state index in [1.807, 2.05) is 6.92 Å². The third-order valence-electron chi connectivity index (χ3n) is 4.83. The number of nitrogens with one attached hydrogen (secondary N) is 1. The highest BCUT2D eigenvalue weighted by Crippen LogP contribution is 2.40. The van der Waals surface area contributed by atoms with Gasteiger partial charge >= 0.3 is 0 Å². The number of aliphatic hydroxyl groups is 1. The quantitative estimate of drug-likeness (QED) is 0.811. The molecule has 1 aliphatic rings. The number of aryl methyl sites for hydroxylation is 1. The molecule has 0 spiro atoms. The van der Waals surface area contributed by atoms with Gasteiger partial charge in [0, 0.05) is 25.0 Å². The lowest BCUT2D eigenvalue weighted by molar-refractivity contribution is 0.271. The molecule has 0 radical (unpaired) electrons. The first-order valence-corrected chi connectivity index (χ1v) is 9.24. The third-order valence-corrected chi connectivity index (χ3v) is 6.19. The Hall–Kier alpha value is -0.850. The molecule has 1 aliphatic carbocycles. The Morgan fingerprint density at radius 2 is 2.00 bits per heavy atom. The van der Waals surface area contributed by atoms with Gasteiger partial charge in [-0.05, 0) is 37.7 Å². The minimum absolute atomic E-state index is 0.125. The molecule has 21 heavy (non-hydrogen) atoms. The molecule has 0 unspecified atom stereocenters. The van der Waals surface area contributed by atoms with Crippen molar-refractivity contribution in [2.45, 2.75) is 64.0 Å². The molecule has 1 aromatic heterocycles. The monoisotopic (exact) mass is 314 g/mol. The van der Waals surface area contributed by atoms with E-state index in [-0.39, 0.29) is 16.9 Å². The standard InChI is InChI=1S/C15H26N2O3S/c1-3-15(7-5-6-8-15)12-16-21(19,20)14-9-13(11-18)17(4-2)10-14/h9-10,16,18H,3-8,11-12H2,1-2H3. The van der Waals surface area contributed by atoms with Crippen LogP contribution < -0.4 is 4.72 Å². The molecule has 0 bridgehead atoms. The molecular formula is C15H26N2O3S. The molecule has 0 amide bonds. The molecule has 5 nitrogen and oxygen atoms in total. The third kappa shape index (κ3) is 3.49. The van der Waals surface area contributed by atoms with E-state index in [0.717, 1.165) is 19.3 Å². The summed E-state index contributed by atoms with van der Waals surface area (Å²) in [5.41, 5.74) is 0.754. The molecule has 6 heteroatoms. The van der Waals surface area contributed by atoms with Crippen LogP contribution in [0.4, 0.5) is 0 Å². The summed E-state index contributed by atoms with van der Waals surface area (Å²) in [6.45, 7) is 5.06. The van der Waals surface area contributed by atoms with Crippen molar-refractivity contribution in [3.63, 3.8) is 0 Å². The van der Waals surface area contributed by atoms with Crippen molar-refractivity contribution in [1.82, 2.24) is 9.29 Å². The summed E-state index contributed by atoms with van der Waals surface area (Å²) >= 11 is 0. The molecule has 2 rings (SSSR count). The maximum Gasteiger partial charge on any atom is 0.242 e. The second-order valence-corrected chi connectivity index (χ2v) is 7.76. The van der Waals surface area contributed by atoms with Crippen molar-refractivity contribution in [2.24, 2.45) is 5.41 Å². The molecule has 1 aromatic rings. The maximum atomic E-state index is 12.4. The first kappa shape index (κ1) is 16.5. The SMILES string of the molecule is CCn1cc(S(=O)(=O)NCC2(CC)CCCC2)cc1CO. The van der Waals surface area contributed by atoms with E-state index in [2.05, 4.69) is 11.6 Å². The molecular weight excluding hydrogens is 288 g/mol. The summed E-state index contributed by atoms with van der Waals surface area (Å²) in [6.07, 6.45) is 7.19. The van der Waals surface area contributed by atoms with Gasteiger partial charge < -0.3 is 9.67 Å². The van der Waals surface area contributed by atoms with E-state index in [0.29, 0.717) is 18.8 Å². The lowest BCUT2D eigenvalue weighted by Gasteiger charge is -2.27. The summed E-state index contributed by atoms with van der Waals surface area (Å²) < 4.78 is 29.4. The van der Waals surface area contributed by atoms with E-state index >= 15 is 0 Å². The van der Waals surface area contributed by atoms with Gasteiger partial charge in [-0.15, -0.1) is 0 Å². The second kappa shape index (κ2) is 6.50. The molecule has 0 aromatic carbocycles. The predicted molar refractivity (Wildman–Crippen MR) is 82.4 cm³/mol. The number of hydrogen-bond acceptors (Lipinski definition) is 3. The highest BCUT2D eigenvalue weighted by atomic mass is 32.2. The van der Waals surface area contributed by atoms with Crippen molar-refractivity contribution < 1.29 is 13.5 Å². The minimum atomic E-state index is -3.50. The van der Waals surface area contributed by atoms with Crippen LogP contribution in [-0.4, -0.2) is 24.6 Å². The first-order chi connectivity index (χ1) is 9.96. The summed E-state index contributed by atoms with van der Waals surface area (Å²) in [4.78, 5) is 0.248. The summed E-state index contributed by atoms with van der Waals surface area (Å²) in [6, 6.07) is 1.55. The predicted octanol–water partition coefficient (Wildman–Crippen LogP) is 2.25. The van der Waals surface area contributed by atoms with Gasteiger partial charge in [-0.1, -0.05) is 19.8 Å². The Bertz CT molecular complexity index is 550. The van der Waals surface area contributed by atoms with Gasteiger partial charge in [-0.3, -0.25) is 0 Å².